The number of carbonyl (C=O) groups is 2. The molecular formula is C18H15FO3. The van der Waals surface area contributed by atoms with Crippen molar-refractivity contribution >= 4 is 17.3 Å². The van der Waals surface area contributed by atoms with Crippen LogP contribution in [-0.4, -0.2) is 18.4 Å². The number of esters is 1. The lowest BCUT2D eigenvalue weighted by atomic mass is 9.94. The summed E-state index contributed by atoms with van der Waals surface area (Å²) in [5, 5.41) is 0. The van der Waals surface area contributed by atoms with Crippen LogP contribution in [0.5, 0.6) is 0 Å². The quantitative estimate of drug-likeness (QED) is 0.481. The van der Waals surface area contributed by atoms with E-state index in [1.807, 2.05) is 0 Å². The molecule has 0 amide bonds. The molecule has 2 aromatic rings. The Morgan fingerprint density at radius 2 is 1.77 bits per heavy atom. The summed E-state index contributed by atoms with van der Waals surface area (Å²) >= 11 is 0. The smallest absolute Gasteiger partial charge is 0.338 e. The molecule has 0 aliphatic carbocycles. The number of carbonyl (C=O) groups excluding carboxylic acids is 2. The topological polar surface area (TPSA) is 43.4 Å². The van der Waals surface area contributed by atoms with E-state index in [1.54, 1.807) is 37.3 Å². The van der Waals surface area contributed by atoms with Crippen LogP contribution in [0.1, 0.15) is 28.4 Å². The molecule has 22 heavy (non-hydrogen) atoms. The minimum Gasteiger partial charge on any atom is -0.462 e. The van der Waals surface area contributed by atoms with Crippen LogP contribution in [0.25, 0.3) is 5.57 Å². The maximum atomic E-state index is 14.2. The van der Waals surface area contributed by atoms with Crippen molar-refractivity contribution in [1.82, 2.24) is 0 Å². The van der Waals surface area contributed by atoms with Crippen LogP contribution < -0.4 is 0 Å². The molecule has 0 heterocycles. The standard InChI is InChI=1S/C18H15FO3/c1-3-22-18(21)12(2)16-14(10-7-11-15(16)19)17(20)13-8-5-4-6-9-13/h4-11H,2-3H2,1H3. The molecule has 0 saturated carbocycles. The van der Waals surface area contributed by atoms with Crippen molar-refractivity contribution < 1.29 is 18.7 Å². The molecule has 0 bridgehead atoms. The van der Waals surface area contributed by atoms with Gasteiger partial charge in [0, 0.05) is 16.7 Å². The number of benzene rings is 2. The first-order valence-corrected chi connectivity index (χ1v) is 6.81. The Balaban J connectivity index is 2.50. The Morgan fingerprint density at radius 3 is 2.41 bits per heavy atom. The summed E-state index contributed by atoms with van der Waals surface area (Å²) in [6.07, 6.45) is 0. The molecule has 0 N–H and O–H groups in total. The normalized spacial score (nSPS) is 10.1. The Kier molecular flexibility index (Phi) is 4.84. The predicted octanol–water partition coefficient (Wildman–Crippen LogP) is 3.63. The van der Waals surface area contributed by atoms with Crippen molar-refractivity contribution in [3.63, 3.8) is 0 Å². The van der Waals surface area contributed by atoms with Crippen LogP contribution in [0, 0.1) is 5.82 Å². The zero-order valence-electron chi connectivity index (χ0n) is 12.1. The van der Waals surface area contributed by atoms with Gasteiger partial charge in [-0.3, -0.25) is 4.79 Å². The Labute approximate surface area is 128 Å². The third-order valence-electron chi connectivity index (χ3n) is 3.12. The number of halogens is 1. The van der Waals surface area contributed by atoms with Gasteiger partial charge in [0.05, 0.1) is 12.2 Å². The lowest BCUT2D eigenvalue weighted by Crippen LogP contribution is -2.12. The molecule has 0 spiro atoms. The molecule has 0 radical (unpaired) electrons. The molecule has 2 aromatic carbocycles. The summed E-state index contributed by atoms with van der Waals surface area (Å²) in [4.78, 5) is 24.4. The third kappa shape index (κ3) is 3.11. The summed E-state index contributed by atoms with van der Waals surface area (Å²) in [5.74, 6) is -1.80. The number of hydrogen-bond acceptors (Lipinski definition) is 3. The van der Waals surface area contributed by atoms with Gasteiger partial charge in [-0.25, -0.2) is 9.18 Å². The molecule has 112 valence electrons. The van der Waals surface area contributed by atoms with Crippen molar-refractivity contribution in [2.24, 2.45) is 0 Å². The van der Waals surface area contributed by atoms with Crippen molar-refractivity contribution in [3.8, 4) is 0 Å². The molecule has 0 unspecified atom stereocenters. The highest BCUT2D eigenvalue weighted by Crippen LogP contribution is 2.25. The van der Waals surface area contributed by atoms with E-state index in [0.29, 0.717) is 5.56 Å². The number of hydrogen-bond donors (Lipinski definition) is 0. The van der Waals surface area contributed by atoms with Gasteiger partial charge >= 0.3 is 5.97 Å². The van der Waals surface area contributed by atoms with Gasteiger partial charge in [0.25, 0.3) is 0 Å². The summed E-state index contributed by atoms with van der Waals surface area (Å²) in [5.41, 5.74) is 0.212. The van der Waals surface area contributed by atoms with E-state index < -0.39 is 11.8 Å². The Bertz CT molecular complexity index is 720. The second kappa shape index (κ2) is 6.80. The highest BCUT2D eigenvalue weighted by Gasteiger charge is 2.22. The Morgan fingerprint density at radius 1 is 1.09 bits per heavy atom. The van der Waals surface area contributed by atoms with Crippen LogP contribution in [0.2, 0.25) is 0 Å². The average Bonchev–Trinajstić information content (AvgIpc) is 2.54. The summed E-state index contributed by atoms with van der Waals surface area (Å²) in [6.45, 7) is 5.36. The maximum absolute atomic E-state index is 14.2. The van der Waals surface area contributed by atoms with E-state index in [1.165, 1.54) is 18.2 Å². The molecule has 0 fully saturated rings. The average molecular weight is 298 g/mol. The summed E-state index contributed by atoms with van der Waals surface area (Å²) < 4.78 is 19.0. The summed E-state index contributed by atoms with van der Waals surface area (Å²) in [7, 11) is 0. The van der Waals surface area contributed by atoms with Gasteiger partial charge in [-0.2, -0.15) is 0 Å². The molecule has 3 nitrogen and oxygen atoms in total. The molecule has 0 aromatic heterocycles. The molecule has 0 aliphatic rings. The third-order valence-corrected chi connectivity index (χ3v) is 3.12. The zero-order chi connectivity index (χ0) is 16.1. The predicted molar refractivity (Wildman–Crippen MR) is 81.9 cm³/mol. The van der Waals surface area contributed by atoms with Crippen LogP contribution in [0.15, 0.2) is 55.1 Å². The second-order valence-corrected chi connectivity index (χ2v) is 4.56. The zero-order valence-corrected chi connectivity index (χ0v) is 12.1. The van der Waals surface area contributed by atoms with E-state index in [9.17, 15) is 14.0 Å². The van der Waals surface area contributed by atoms with Gasteiger partial charge in [-0.05, 0) is 13.0 Å². The first-order valence-electron chi connectivity index (χ1n) is 6.81. The maximum Gasteiger partial charge on any atom is 0.338 e. The van der Waals surface area contributed by atoms with Crippen LogP contribution >= 0.6 is 0 Å². The largest absolute Gasteiger partial charge is 0.462 e. The highest BCUT2D eigenvalue weighted by molar-refractivity contribution is 6.21. The molecule has 0 atom stereocenters. The van der Waals surface area contributed by atoms with Crippen molar-refractivity contribution in [3.05, 3.63) is 77.6 Å². The van der Waals surface area contributed by atoms with Crippen LogP contribution in [0.3, 0.4) is 0 Å². The Hall–Kier alpha value is -2.75. The number of ketones is 1. The van der Waals surface area contributed by atoms with Crippen LogP contribution in [0.4, 0.5) is 4.39 Å². The number of rotatable bonds is 5. The summed E-state index contributed by atoms with van der Waals surface area (Å²) in [6, 6.07) is 12.5. The van der Waals surface area contributed by atoms with Gasteiger partial charge < -0.3 is 4.74 Å². The highest BCUT2D eigenvalue weighted by atomic mass is 19.1. The number of ether oxygens (including phenoxy) is 1. The van der Waals surface area contributed by atoms with Crippen molar-refractivity contribution in [2.75, 3.05) is 6.61 Å². The fourth-order valence-corrected chi connectivity index (χ4v) is 2.09. The lowest BCUT2D eigenvalue weighted by molar-refractivity contribution is -0.136. The van der Waals surface area contributed by atoms with E-state index in [-0.39, 0.29) is 29.1 Å². The first kappa shape index (κ1) is 15.6. The SMILES string of the molecule is C=C(C(=O)OCC)c1c(F)cccc1C(=O)c1ccccc1. The van der Waals surface area contributed by atoms with E-state index in [0.717, 1.165) is 0 Å². The molecule has 0 saturated heterocycles. The van der Waals surface area contributed by atoms with Gasteiger partial charge in [0.2, 0.25) is 0 Å². The van der Waals surface area contributed by atoms with Gasteiger partial charge in [0.1, 0.15) is 5.82 Å². The lowest BCUT2D eigenvalue weighted by Gasteiger charge is -2.11. The van der Waals surface area contributed by atoms with Crippen LogP contribution in [-0.2, 0) is 9.53 Å². The fourth-order valence-electron chi connectivity index (χ4n) is 2.09. The molecule has 2 rings (SSSR count). The molecular weight excluding hydrogens is 283 g/mol. The fraction of sp³-hybridized carbons (Fsp3) is 0.111. The second-order valence-electron chi connectivity index (χ2n) is 4.56. The van der Waals surface area contributed by atoms with E-state index >= 15 is 0 Å². The monoisotopic (exact) mass is 298 g/mol. The van der Waals surface area contributed by atoms with Crippen molar-refractivity contribution in [2.45, 2.75) is 6.92 Å². The molecule has 0 aliphatic heterocycles. The minimum absolute atomic E-state index is 0.0873. The van der Waals surface area contributed by atoms with Gasteiger partial charge in [-0.1, -0.05) is 49.0 Å². The van der Waals surface area contributed by atoms with Crippen molar-refractivity contribution in [1.29, 1.82) is 0 Å². The van der Waals surface area contributed by atoms with Gasteiger partial charge in [0.15, 0.2) is 5.78 Å². The van der Waals surface area contributed by atoms with Gasteiger partial charge in [-0.15, -0.1) is 0 Å². The minimum atomic E-state index is -0.741. The van der Waals surface area contributed by atoms with E-state index in [4.69, 9.17) is 4.74 Å². The molecule has 4 heteroatoms. The van der Waals surface area contributed by atoms with E-state index in [2.05, 4.69) is 6.58 Å². The first-order chi connectivity index (χ1) is 10.6.